The van der Waals surface area contributed by atoms with Crippen LogP contribution in [0.25, 0.3) is 10.8 Å². The lowest BCUT2D eigenvalue weighted by molar-refractivity contribution is 1.32. The van der Waals surface area contributed by atoms with Crippen molar-refractivity contribution >= 4 is 22.1 Å². The second kappa shape index (κ2) is 4.79. The smallest absolute Gasteiger partial charge is 0.0998 e. The van der Waals surface area contributed by atoms with Crippen LogP contribution in [0.2, 0.25) is 0 Å². The summed E-state index contributed by atoms with van der Waals surface area (Å²) in [5.74, 6) is 0. The molecule has 3 rings (SSSR count). The van der Waals surface area contributed by atoms with Crippen molar-refractivity contribution in [1.29, 1.82) is 5.26 Å². The van der Waals surface area contributed by atoms with Gasteiger partial charge >= 0.3 is 0 Å². The van der Waals surface area contributed by atoms with Crippen LogP contribution in [0.1, 0.15) is 5.56 Å². The third-order valence-electron chi connectivity index (χ3n) is 2.99. The Kier molecular flexibility index (Phi) is 2.83. The Hall–Kier alpha value is -2.86. The molecule has 90 valence electrons. The maximum absolute atomic E-state index is 9.14. The zero-order chi connectivity index (χ0) is 13.1. The van der Waals surface area contributed by atoms with Crippen LogP contribution in [0.5, 0.6) is 0 Å². The topological polar surface area (TPSA) is 48.7 Å². The van der Waals surface area contributed by atoms with Crippen molar-refractivity contribution in [2.45, 2.75) is 0 Å². The molecule has 0 aliphatic carbocycles. The number of benzene rings is 2. The van der Waals surface area contributed by atoms with E-state index in [9.17, 15) is 0 Å². The highest BCUT2D eigenvalue weighted by Crippen LogP contribution is 2.28. The molecule has 0 bridgehead atoms. The number of nitriles is 1. The summed E-state index contributed by atoms with van der Waals surface area (Å²) in [5, 5.41) is 14.5. The van der Waals surface area contributed by atoms with Gasteiger partial charge in [-0.05, 0) is 24.3 Å². The number of hydrogen-bond acceptors (Lipinski definition) is 3. The Morgan fingerprint density at radius 3 is 2.53 bits per heavy atom. The molecular formula is C16H11N3. The second-order valence-electron chi connectivity index (χ2n) is 4.18. The highest BCUT2D eigenvalue weighted by atomic mass is 14.9. The van der Waals surface area contributed by atoms with E-state index < -0.39 is 0 Å². The third-order valence-corrected chi connectivity index (χ3v) is 2.99. The minimum Gasteiger partial charge on any atom is -0.354 e. The van der Waals surface area contributed by atoms with E-state index in [-0.39, 0.29) is 0 Å². The van der Waals surface area contributed by atoms with Crippen LogP contribution in [0.15, 0.2) is 60.9 Å². The van der Waals surface area contributed by atoms with Crippen molar-refractivity contribution in [2.75, 3.05) is 5.32 Å². The molecule has 0 fully saturated rings. The number of pyridine rings is 1. The number of rotatable bonds is 2. The lowest BCUT2D eigenvalue weighted by atomic mass is 10.0. The third kappa shape index (κ3) is 2.12. The first-order valence-corrected chi connectivity index (χ1v) is 5.97. The van der Waals surface area contributed by atoms with Gasteiger partial charge in [-0.3, -0.25) is 4.98 Å². The molecule has 0 aliphatic heterocycles. The van der Waals surface area contributed by atoms with Gasteiger partial charge in [0, 0.05) is 22.7 Å². The van der Waals surface area contributed by atoms with Crippen molar-refractivity contribution in [2.24, 2.45) is 0 Å². The fourth-order valence-corrected chi connectivity index (χ4v) is 2.10. The van der Waals surface area contributed by atoms with Gasteiger partial charge in [-0.15, -0.1) is 0 Å². The van der Waals surface area contributed by atoms with E-state index in [0.717, 1.165) is 22.1 Å². The molecule has 0 atom stereocenters. The summed E-state index contributed by atoms with van der Waals surface area (Å²) < 4.78 is 0. The van der Waals surface area contributed by atoms with Gasteiger partial charge in [-0.2, -0.15) is 5.26 Å². The number of nitrogens with one attached hydrogen (secondary N) is 1. The van der Waals surface area contributed by atoms with Crippen LogP contribution in [0, 0.1) is 11.3 Å². The predicted molar refractivity (Wildman–Crippen MR) is 76.2 cm³/mol. The SMILES string of the molecule is N#Cc1ccc(Nc2cccnc2)c2ccccc12. The zero-order valence-electron chi connectivity index (χ0n) is 10.2. The maximum Gasteiger partial charge on any atom is 0.0998 e. The first-order chi connectivity index (χ1) is 9.38. The Balaban J connectivity index is 2.13. The van der Waals surface area contributed by atoms with Gasteiger partial charge < -0.3 is 5.32 Å². The van der Waals surface area contributed by atoms with Crippen LogP contribution >= 0.6 is 0 Å². The average Bonchev–Trinajstić information content (AvgIpc) is 2.49. The second-order valence-corrected chi connectivity index (χ2v) is 4.18. The van der Waals surface area contributed by atoms with E-state index in [1.807, 2.05) is 48.5 Å². The summed E-state index contributed by atoms with van der Waals surface area (Å²) in [6.45, 7) is 0. The minimum absolute atomic E-state index is 0.687. The molecule has 0 unspecified atom stereocenters. The molecule has 1 aromatic heterocycles. The summed E-state index contributed by atoms with van der Waals surface area (Å²) in [7, 11) is 0. The molecule has 1 heterocycles. The largest absolute Gasteiger partial charge is 0.354 e. The van der Waals surface area contributed by atoms with Crippen LogP contribution in [0.4, 0.5) is 11.4 Å². The molecule has 0 amide bonds. The highest BCUT2D eigenvalue weighted by Gasteiger charge is 2.05. The zero-order valence-corrected chi connectivity index (χ0v) is 10.2. The molecule has 3 heteroatoms. The minimum atomic E-state index is 0.687. The fraction of sp³-hybridized carbons (Fsp3) is 0. The van der Waals surface area contributed by atoms with Crippen molar-refractivity contribution in [3.8, 4) is 6.07 Å². The Morgan fingerprint density at radius 2 is 1.79 bits per heavy atom. The molecule has 0 spiro atoms. The Bertz CT molecular complexity index is 758. The van der Waals surface area contributed by atoms with Gasteiger partial charge in [0.05, 0.1) is 23.5 Å². The van der Waals surface area contributed by atoms with E-state index in [1.54, 1.807) is 12.4 Å². The van der Waals surface area contributed by atoms with Crippen LogP contribution in [-0.2, 0) is 0 Å². The van der Waals surface area contributed by atoms with E-state index in [1.165, 1.54) is 0 Å². The van der Waals surface area contributed by atoms with E-state index in [4.69, 9.17) is 5.26 Å². The first kappa shape index (κ1) is 11.2. The molecular weight excluding hydrogens is 234 g/mol. The molecule has 0 saturated carbocycles. The normalized spacial score (nSPS) is 10.1. The van der Waals surface area contributed by atoms with Crippen LogP contribution < -0.4 is 5.32 Å². The van der Waals surface area contributed by atoms with E-state index >= 15 is 0 Å². The van der Waals surface area contributed by atoms with Gasteiger partial charge in [0.2, 0.25) is 0 Å². The van der Waals surface area contributed by atoms with Gasteiger partial charge in [-0.25, -0.2) is 0 Å². The van der Waals surface area contributed by atoms with Gasteiger partial charge in [0.25, 0.3) is 0 Å². The standard InChI is InChI=1S/C16H11N3/c17-10-12-7-8-16(15-6-2-1-5-14(12)15)19-13-4-3-9-18-11-13/h1-9,11,19H. The maximum atomic E-state index is 9.14. The molecule has 1 N–H and O–H groups in total. The van der Waals surface area contributed by atoms with Crippen LogP contribution in [-0.4, -0.2) is 4.98 Å². The number of nitrogens with zero attached hydrogens (tertiary/aromatic N) is 2. The van der Waals surface area contributed by atoms with Crippen molar-refractivity contribution in [1.82, 2.24) is 4.98 Å². The Morgan fingerprint density at radius 1 is 0.947 bits per heavy atom. The van der Waals surface area contributed by atoms with Crippen molar-refractivity contribution < 1.29 is 0 Å². The number of fused-ring (bicyclic) bond motifs is 1. The number of aromatic nitrogens is 1. The van der Waals surface area contributed by atoms with Gasteiger partial charge in [-0.1, -0.05) is 24.3 Å². The van der Waals surface area contributed by atoms with Crippen molar-refractivity contribution in [3.63, 3.8) is 0 Å². The number of hydrogen-bond donors (Lipinski definition) is 1. The van der Waals surface area contributed by atoms with Crippen molar-refractivity contribution in [3.05, 3.63) is 66.5 Å². The molecule has 0 saturated heterocycles. The molecule has 0 aliphatic rings. The lowest BCUT2D eigenvalue weighted by Gasteiger charge is -2.10. The molecule has 0 radical (unpaired) electrons. The fourth-order valence-electron chi connectivity index (χ4n) is 2.10. The van der Waals surface area contributed by atoms with Crippen LogP contribution in [0.3, 0.4) is 0 Å². The Labute approximate surface area is 111 Å². The first-order valence-electron chi connectivity index (χ1n) is 5.97. The average molecular weight is 245 g/mol. The summed E-state index contributed by atoms with van der Waals surface area (Å²) >= 11 is 0. The molecule has 19 heavy (non-hydrogen) atoms. The summed E-state index contributed by atoms with van der Waals surface area (Å²) in [6.07, 6.45) is 3.51. The highest BCUT2D eigenvalue weighted by molar-refractivity contribution is 5.98. The predicted octanol–water partition coefficient (Wildman–Crippen LogP) is 3.85. The van der Waals surface area contributed by atoms with Gasteiger partial charge in [0.15, 0.2) is 0 Å². The molecule has 3 aromatic rings. The van der Waals surface area contributed by atoms with E-state index in [0.29, 0.717) is 5.56 Å². The van der Waals surface area contributed by atoms with E-state index in [2.05, 4.69) is 16.4 Å². The summed E-state index contributed by atoms with van der Waals surface area (Å²) in [6, 6.07) is 17.7. The monoisotopic (exact) mass is 245 g/mol. The summed E-state index contributed by atoms with van der Waals surface area (Å²) in [5.41, 5.74) is 2.59. The number of anilines is 2. The molecule has 2 aromatic carbocycles. The molecule has 3 nitrogen and oxygen atoms in total. The van der Waals surface area contributed by atoms with Gasteiger partial charge in [0.1, 0.15) is 0 Å². The quantitative estimate of drug-likeness (QED) is 0.746. The summed E-state index contributed by atoms with van der Waals surface area (Å²) in [4.78, 5) is 4.08. The lowest BCUT2D eigenvalue weighted by Crippen LogP contribution is -1.93.